The number of aliphatic hydroxyl groups is 1. The minimum atomic E-state index is -2.90. The first-order valence-electron chi connectivity index (χ1n) is 6.33. The van der Waals surface area contributed by atoms with Gasteiger partial charge in [0.05, 0.1) is 27.4 Å². The molecule has 1 aromatic heterocycles. The van der Waals surface area contributed by atoms with Crippen LogP contribution in [0.15, 0.2) is 4.47 Å². The van der Waals surface area contributed by atoms with Crippen LogP contribution in [-0.2, 0) is 23.3 Å². The lowest BCUT2D eigenvalue weighted by atomic mass is 9.88. The number of sulfone groups is 1. The summed E-state index contributed by atoms with van der Waals surface area (Å²) in [5.74, 6) is 0.479. The fourth-order valence-corrected chi connectivity index (χ4v) is 5.14. The van der Waals surface area contributed by atoms with Crippen LogP contribution in [0.25, 0.3) is 0 Å². The van der Waals surface area contributed by atoms with E-state index in [2.05, 4.69) is 21.0 Å². The maximum Gasteiger partial charge on any atom is 0.150 e. The van der Waals surface area contributed by atoms with Crippen molar-refractivity contribution in [2.24, 2.45) is 18.9 Å². The summed E-state index contributed by atoms with van der Waals surface area (Å²) in [6, 6.07) is 0. The predicted molar refractivity (Wildman–Crippen MR) is 76.7 cm³/mol. The number of hydrogen-bond acceptors (Lipinski definition) is 4. The van der Waals surface area contributed by atoms with Gasteiger partial charge in [-0.3, -0.25) is 4.68 Å². The summed E-state index contributed by atoms with van der Waals surface area (Å²) in [5.41, 5.74) is 1.93. The van der Waals surface area contributed by atoms with E-state index in [9.17, 15) is 13.5 Å². The molecule has 0 aliphatic carbocycles. The zero-order valence-electron chi connectivity index (χ0n) is 11.1. The minimum absolute atomic E-state index is 0.0108. The number of hydrogen-bond donors (Lipinski definition) is 1. The summed E-state index contributed by atoms with van der Waals surface area (Å²) >= 11 is 3.51. The van der Waals surface area contributed by atoms with Crippen molar-refractivity contribution >= 4 is 25.8 Å². The molecule has 1 saturated heterocycles. The average molecular weight is 351 g/mol. The van der Waals surface area contributed by atoms with E-state index in [1.807, 2.05) is 14.0 Å². The SMILES string of the molecule is Cc1nn(C)c(CC(CO)C2CCS(=O)(=O)C2)c1Br. The fourth-order valence-electron chi connectivity index (χ4n) is 2.73. The standard InChI is InChI=1S/C12H19BrN2O3S/c1-8-12(13)11(15(2)14-8)5-10(6-16)9-3-4-19(17,18)7-9/h9-10,16H,3-7H2,1-2H3. The number of aromatic nitrogens is 2. The first kappa shape index (κ1) is 15.0. The van der Waals surface area contributed by atoms with Gasteiger partial charge in [-0.2, -0.15) is 5.10 Å². The Morgan fingerprint density at radius 2 is 2.26 bits per heavy atom. The molecule has 0 aromatic carbocycles. The van der Waals surface area contributed by atoms with Crippen molar-refractivity contribution in [3.05, 3.63) is 15.9 Å². The number of halogens is 1. The van der Waals surface area contributed by atoms with E-state index in [1.165, 1.54) is 0 Å². The van der Waals surface area contributed by atoms with Gasteiger partial charge in [-0.05, 0) is 47.5 Å². The van der Waals surface area contributed by atoms with Crippen LogP contribution >= 0.6 is 15.9 Å². The third-order valence-electron chi connectivity index (χ3n) is 3.89. The van der Waals surface area contributed by atoms with Crippen LogP contribution in [0, 0.1) is 18.8 Å². The molecule has 7 heteroatoms. The predicted octanol–water partition coefficient (Wildman–Crippen LogP) is 1.08. The molecule has 1 fully saturated rings. The van der Waals surface area contributed by atoms with Gasteiger partial charge in [-0.15, -0.1) is 0 Å². The van der Waals surface area contributed by atoms with E-state index in [1.54, 1.807) is 4.68 Å². The van der Waals surface area contributed by atoms with Crippen molar-refractivity contribution in [2.75, 3.05) is 18.1 Å². The van der Waals surface area contributed by atoms with Gasteiger partial charge in [0.15, 0.2) is 9.84 Å². The van der Waals surface area contributed by atoms with Crippen molar-refractivity contribution in [1.82, 2.24) is 9.78 Å². The summed E-state index contributed by atoms with van der Waals surface area (Å²) in [7, 11) is -1.04. The molecule has 0 radical (unpaired) electrons. The molecule has 0 spiro atoms. The zero-order chi connectivity index (χ0) is 14.2. The Hall–Kier alpha value is -0.400. The van der Waals surface area contributed by atoms with Gasteiger partial charge in [0.1, 0.15) is 0 Å². The van der Waals surface area contributed by atoms with Crippen molar-refractivity contribution in [1.29, 1.82) is 0 Å². The molecule has 2 unspecified atom stereocenters. The van der Waals surface area contributed by atoms with Crippen molar-refractivity contribution in [3.63, 3.8) is 0 Å². The Morgan fingerprint density at radius 3 is 2.68 bits per heavy atom. The summed E-state index contributed by atoms with van der Waals surface area (Å²) in [5, 5.41) is 13.9. The third kappa shape index (κ3) is 3.20. The van der Waals surface area contributed by atoms with Gasteiger partial charge < -0.3 is 5.11 Å². The molecule has 2 rings (SSSR count). The van der Waals surface area contributed by atoms with Gasteiger partial charge in [0.2, 0.25) is 0 Å². The van der Waals surface area contributed by atoms with Gasteiger partial charge in [0.25, 0.3) is 0 Å². The fraction of sp³-hybridized carbons (Fsp3) is 0.750. The van der Waals surface area contributed by atoms with Crippen LogP contribution in [-0.4, -0.2) is 41.4 Å². The van der Waals surface area contributed by atoms with Crippen molar-refractivity contribution < 1.29 is 13.5 Å². The molecule has 5 nitrogen and oxygen atoms in total. The number of aliphatic hydroxyl groups excluding tert-OH is 1. The van der Waals surface area contributed by atoms with Crippen LogP contribution < -0.4 is 0 Å². The molecule has 0 amide bonds. The highest BCUT2D eigenvalue weighted by molar-refractivity contribution is 9.10. The summed E-state index contributed by atoms with van der Waals surface area (Å²) in [6.45, 7) is 1.93. The molecular weight excluding hydrogens is 332 g/mol. The molecule has 108 valence electrons. The third-order valence-corrected chi connectivity index (χ3v) is 6.71. The van der Waals surface area contributed by atoms with Crippen molar-refractivity contribution in [2.45, 2.75) is 19.8 Å². The second-order valence-corrected chi connectivity index (χ2v) is 8.30. The van der Waals surface area contributed by atoms with E-state index in [0.717, 1.165) is 15.9 Å². The van der Waals surface area contributed by atoms with Crippen LogP contribution in [0.5, 0.6) is 0 Å². The van der Waals surface area contributed by atoms with Crippen LogP contribution in [0.1, 0.15) is 17.8 Å². The normalized spacial score (nSPS) is 23.7. The number of nitrogens with zero attached hydrogens (tertiary/aromatic N) is 2. The molecule has 1 aliphatic rings. The molecule has 19 heavy (non-hydrogen) atoms. The Kier molecular flexibility index (Phi) is 4.37. The smallest absolute Gasteiger partial charge is 0.150 e. The minimum Gasteiger partial charge on any atom is -0.396 e. The van der Waals surface area contributed by atoms with Gasteiger partial charge in [0, 0.05) is 13.7 Å². The summed E-state index contributed by atoms with van der Waals surface area (Å²) < 4.78 is 25.8. The highest BCUT2D eigenvalue weighted by atomic mass is 79.9. The Labute approximate surface area is 122 Å². The summed E-state index contributed by atoms with van der Waals surface area (Å²) in [6.07, 6.45) is 1.30. The highest BCUT2D eigenvalue weighted by Crippen LogP contribution is 2.31. The molecule has 0 saturated carbocycles. The van der Waals surface area contributed by atoms with Gasteiger partial charge in [-0.1, -0.05) is 0 Å². The van der Waals surface area contributed by atoms with E-state index in [4.69, 9.17) is 0 Å². The number of rotatable bonds is 4. The molecule has 1 aliphatic heterocycles. The monoisotopic (exact) mass is 350 g/mol. The van der Waals surface area contributed by atoms with E-state index >= 15 is 0 Å². The molecule has 1 aromatic rings. The van der Waals surface area contributed by atoms with E-state index in [0.29, 0.717) is 12.8 Å². The van der Waals surface area contributed by atoms with Gasteiger partial charge in [-0.25, -0.2) is 8.42 Å². The Morgan fingerprint density at radius 1 is 1.58 bits per heavy atom. The first-order valence-corrected chi connectivity index (χ1v) is 8.94. The largest absolute Gasteiger partial charge is 0.396 e. The Bertz CT molecular complexity index is 568. The quantitative estimate of drug-likeness (QED) is 0.881. The molecule has 2 atom stereocenters. The van der Waals surface area contributed by atoms with E-state index in [-0.39, 0.29) is 29.9 Å². The highest BCUT2D eigenvalue weighted by Gasteiger charge is 2.34. The first-order chi connectivity index (χ1) is 8.84. The second-order valence-electron chi connectivity index (χ2n) is 5.28. The Balaban J connectivity index is 2.16. The van der Waals surface area contributed by atoms with Crippen molar-refractivity contribution in [3.8, 4) is 0 Å². The average Bonchev–Trinajstić information content (AvgIpc) is 2.79. The molecule has 1 N–H and O–H groups in total. The molecule has 2 heterocycles. The summed E-state index contributed by atoms with van der Waals surface area (Å²) in [4.78, 5) is 0. The lowest BCUT2D eigenvalue weighted by Gasteiger charge is -2.20. The second kappa shape index (κ2) is 5.54. The topological polar surface area (TPSA) is 72.2 Å². The maximum absolute atomic E-state index is 11.5. The van der Waals surface area contributed by atoms with Gasteiger partial charge >= 0.3 is 0 Å². The van der Waals surface area contributed by atoms with Crippen LogP contribution in [0.4, 0.5) is 0 Å². The van der Waals surface area contributed by atoms with Crippen LogP contribution in [0.2, 0.25) is 0 Å². The number of aryl methyl sites for hydroxylation is 2. The zero-order valence-corrected chi connectivity index (χ0v) is 13.5. The van der Waals surface area contributed by atoms with Crippen LogP contribution in [0.3, 0.4) is 0 Å². The molecular formula is C12H19BrN2O3S. The molecule has 0 bridgehead atoms. The lowest BCUT2D eigenvalue weighted by Crippen LogP contribution is -2.23. The van der Waals surface area contributed by atoms with E-state index < -0.39 is 9.84 Å². The maximum atomic E-state index is 11.5. The lowest BCUT2D eigenvalue weighted by molar-refractivity contribution is 0.182.